The highest BCUT2D eigenvalue weighted by molar-refractivity contribution is 7.85. The third-order valence-electron chi connectivity index (χ3n) is 1.99. The molecule has 3 N–H and O–H groups in total. The van der Waals surface area contributed by atoms with E-state index in [0.717, 1.165) is 6.42 Å². The van der Waals surface area contributed by atoms with Crippen LogP contribution in [0.4, 0.5) is 0 Å². The van der Waals surface area contributed by atoms with Crippen molar-refractivity contribution in [1.29, 1.82) is 0 Å². The lowest BCUT2D eigenvalue weighted by Crippen LogP contribution is -2.35. The van der Waals surface area contributed by atoms with E-state index in [-0.39, 0.29) is 18.4 Å². The van der Waals surface area contributed by atoms with Gasteiger partial charge in [-0.05, 0) is 25.3 Å². The molecule has 92 valence electrons. The van der Waals surface area contributed by atoms with Gasteiger partial charge in [0, 0.05) is 6.04 Å². The molecule has 0 fully saturated rings. The Morgan fingerprint density at radius 3 is 2.33 bits per heavy atom. The van der Waals surface area contributed by atoms with E-state index in [1.807, 2.05) is 0 Å². The standard InChI is InChI=1S/C9H21NO4S/c1-8(2)6-9(7-11)10-4-3-5-15(12,13)14/h8-11H,3-7H2,1-2H3,(H,12,13,14)/t9-/m0/s1. The molecule has 5 nitrogen and oxygen atoms in total. The van der Waals surface area contributed by atoms with Crippen molar-refractivity contribution >= 4 is 10.1 Å². The molecule has 0 amide bonds. The van der Waals surface area contributed by atoms with Gasteiger partial charge in [-0.3, -0.25) is 4.55 Å². The normalized spacial score (nSPS) is 14.5. The Balaban J connectivity index is 3.64. The second-order valence-corrected chi connectivity index (χ2v) is 5.67. The van der Waals surface area contributed by atoms with Gasteiger partial charge in [0.1, 0.15) is 0 Å². The summed E-state index contributed by atoms with van der Waals surface area (Å²) in [4.78, 5) is 0. The molecule has 0 radical (unpaired) electrons. The summed E-state index contributed by atoms with van der Waals surface area (Å²) in [6.45, 7) is 4.65. The largest absolute Gasteiger partial charge is 0.395 e. The molecule has 0 rings (SSSR count). The van der Waals surface area contributed by atoms with Crippen molar-refractivity contribution in [2.45, 2.75) is 32.7 Å². The van der Waals surface area contributed by atoms with Crippen LogP contribution >= 0.6 is 0 Å². The van der Waals surface area contributed by atoms with E-state index < -0.39 is 10.1 Å². The van der Waals surface area contributed by atoms with Crippen molar-refractivity contribution in [1.82, 2.24) is 5.32 Å². The van der Waals surface area contributed by atoms with E-state index in [4.69, 9.17) is 9.66 Å². The second-order valence-electron chi connectivity index (χ2n) is 4.10. The lowest BCUT2D eigenvalue weighted by molar-refractivity contribution is 0.225. The molecule has 0 heterocycles. The van der Waals surface area contributed by atoms with E-state index >= 15 is 0 Å². The zero-order valence-corrected chi connectivity index (χ0v) is 10.1. The van der Waals surface area contributed by atoms with Crippen LogP contribution in [0, 0.1) is 5.92 Å². The van der Waals surface area contributed by atoms with Gasteiger partial charge in [0.05, 0.1) is 12.4 Å². The van der Waals surface area contributed by atoms with E-state index in [0.29, 0.717) is 18.9 Å². The molecule has 15 heavy (non-hydrogen) atoms. The van der Waals surface area contributed by atoms with Gasteiger partial charge in [0.15, 0.2) is 0 Å². The monoisotopic (exact) mass is 239 g/mol. The van der Waals surface area contributed by atoms with Gasteiger partial charge < -0.3 is 10.4 Å². The summed E-state index contributed by atoms with van der Waals surface area (Å²) in [5.74, 6) is 0.246. The number of hydrogen-bond acceptors (Lipinski definition) is 4. The van der Waals surface area contributed by atoms with Gasteiger partial charge in [-0.15, -0.1) is 0 Å². The van der Waals surface area contributed by atoms with Crippen LogP contribution in [0.15, 0.2) is 0 Å². The second kappa shape index (κ2) is 7.16. The molecule has 0 aliphatic rings. The SMILES string of the molecule is CC(C)C[C@@H](CO)NCCCS(=O)(=O)O. The highest BCUT2D eigenvalue weighted by atomic mass is 32.2. The first kappa shape index (κ1) is 14.8. The van der Waals surface area contributed by atoms with E-state index in [9.17, 15) is 8.42 Å². The Bertz CT molecular complexity index is 251. The topological polar surface area (TPSA) is 86.6 Å². The van der Waals surface area contributed by atoms with Gasteiger partial charge in [-0.25, -0.2) is 0 Å². The number of aliphatic hydroxyl groups is 1. The van der Waals surface area contributed by atoms with Crippen LogP contribution < -0.4 is 5.32 Å². The van der Waals surface area contributed by atoms with E-state index in [1.165, 1.54) is 0 Å². The molecule has 1 atom stereocenters. The van der Waals surface area contributed by atoms with Crippen LogP contribution in [0.3, 0.4) is 0 Å². The van der Waals surface area contributed by atoms with Gasteiger partial charge >= 0.3 is 0 Å². The summed E-state index contributed by atoms with van der Waals surface area (Å²) >= 11 is 0. The minimum Gasteiger partial charge on any atom is -0.395 e. The minimum absolute atomic E-state index is 0.00592. The van der Waals surface area contributed by atoms with Gasteiger partial charge in [0.2, 0.25) is 0 Å². The Kier molecular flexibility index (Phi) is 7.08. The van der Waals surface area contributed by atoms with Crippen molar-refractivity contribution in [2.75, 3.05) is 18.9 Å². The Labute approximate surface area is 91.6 Å². The molecular weight excluding hydrogens is 218 g/mol. The molecule has 0 unspecified atom stereocenters. The van der Waals surface area contributed by atoms with Crippen molar-refractivity contribution in [3.8, 4) is 0 Å². The molecule has 0 aromatic carbocycles. The van der Waals surface area contributed by atoms with Crippen LogP contribution in [0.1, 0.15) is 26.7 Å². The van der Waals surface area contributed by atoms with Crippen LogP contribution in [-0.2, 0) is 10.1 Å². The van der Waals surface area contributed by atoms with E-state index in [1.54, 1.807) is 0 Å². The molecule has 0 aromatic heterocycles. The maximum atomic E-state index is 10.4. The summed E-state index contributed by atoms with van der Waals surface area (Å²) < 4.78 is 29.3. The highest BCUT2D eigenvalue weighted by Crippen LogP contribution is 2.03. The van der Waals surface area contributed by atoms with E-state index in [2.05, 4.69) is 19.2 Å². The fourth-order valence-electron chi connectivity index (χ4n) is 1.35. The predicted molar refractivity (Wildman–Crippen MR) is 59.4 cm³/mol. The number of rotatable bonds is 8. The third kappa shape index (κ3) is 10.1. The summed E-state index contributed by atoms with van der Waals surface area (Å²) in [5, 5.41) is 12.1. The van der Waals surface area contributed by atoms with Crippen molar-refractivity contribution in [3.63, 3.8) is 0 Å². The summed E-state index contributed by atoms with van der Waals surface area (Å²) in [6, 6.07) is 0.00592. The van der Waals surface area contributed by atoms with Crippen molar-refractivity contribution in [2.24, 2.45) is 5.92 Å². The average molecular weight is 239 g/mol. The number of aliphatic hydroxyl groups excluding tert-OH is 1. The Morgan fingerprint density at radius 1 is 1.33 bits per heavy atom. The summed E-state index contributed by atoms with van der Waals surface area (Å²) in [6.07, 6.45) is 1.20. The summed E-state index contributed by atoms with van der Waals surface area (Å²) in [5.41, 5.74) is 0. The third-order valence-corrected chi connectivity index (χ3v) is 2.79. The van der Waals surface area contributed by atoms with Crippen LogP contribution in [0.25, 0.3) is 0 Å². The molecular formula is C9H21NO4S. The smallest absolute Gasteiger partial charge is 0.264 e. The zero-order chi connectivity index (χ0) is 11.9. The van der Waals surface area contributed by atoms with Crippen LogP contribution in [0.2, 0.25) is 0 Å². The zero-order valence-electron chi connectivity index (χ0n) is 9.31. The average Bonchev–Trinajstić information content (AvgIpc) is 2.08. The predicted octanol–water partition coefficient (Wildman–Crippen LogP) is 0.261. The maximum absolute atomic E-state index is 10.4. The molecule has 0 spiro atoms. The first-order valence-corrected chi connectivity index (χ1v) is 6.75. The van der Waals surface area contributed by atoms with Crippen LogP contribution in [0.5, 0.6) is 0 Å². The van der Waals surface area contributed by atoms with Crippen LogP contribution in [-0.4, -0.2) is 43.0 Å². The Hall–Kier alpha value is -0.170. The highest BCUT2D eigenvalue weighted by Gasteiger charge is 2.09. The van der Waals surface area contributed by atoms with Crippen molar-refractivity contribution < 1.29 is 18.1 Å². The van der Waals surface area contributed by atoms with Crippen molar-refractivity contribution in [3.05, 3.63) is 0 Å². The molecule has 0 aliphatic heterocycles. The molecule has 6 heteroatoms. The fourth-order valence-corrected chi connectivity index (χ4v) is 1.86. The quantitative estimate of drug-likeness (QED) is 0.418. The molecule has 0 saturated carbocycles. The number of nitrogens with one attached hydrogen (secondary N) is 1. The maximum Gasteiger partial charge on any atom is 0.264 e. The lowest BCUT2D eigenvalue weighted by Gasteiger charge is -2.17. The van der Waals surface area contributed by atoms with Gasteiger partial charge in [-0.1, -0.05) is 13.8 Å². The molecule has 0 saturated heterocycles. The number of hydrogen-bond donors (Lipinski definition) is 3. The first-order chi connectivity index (χ1) is 6.85. The lowest BCUT2D eigenvalue weighted by atomic mass is 10.0. The summed E-state index contributed by atoms with van der Waals surface area (Å²) in [7, 11) is -3.85. The first-order valence-electron chi connectivity index (χ1n) is 5.14. The fraction of sp³-hybridized carbons (Fsp3) is 1.00. The molecule has 0 aliphatic carbocycles. The molecule has 0 aromatic rings. The Morgan fingerprint density at radius 2 is 1.93 bits per heavy atom. The molecule has 0 bridgehead atoms. The minimum atomic E-state index is -3.85. The van der Waals surface area contributed by atoms with Gasteiger partial charge in [-0.2, -0.15) is 8.42 Å². The van der Waals surface area contributed by atoms with Gasteiger partial charge in [0.25, 0.3) is 10.1 Å².